The van der Waals surface area contributed by atoms with Gasteiger partial charge in [-0.25, -0.2) is 8.42 Å². The third-order valence-electron chi connectivity index (χ3n) is 5.78. The van der Waals surface area contributed by atoms with Crippen LogP contribution in [0.1, 0.15) is 6.42 Å². The first-order valence-electron chi connectivity index (χ1n) is 5.40. The molecular weight excluding hydrogens is 200 g/mol. The predicted molar refractivity (Wildman–Crippen MR) is 47.1 cm³/mol. The number of carbonyl (C=O) groups excluding carboxylic acids is 1. The summed E-state index contributed by atoms with van der Waals surface area (Å²) in [4.78, 5) is 11.9. The second-order valence-electron chi connectivity index (χ2n) is 5.69. The summed E-state index contributed by atoms with van der Waals surface area (Å²) in [5, 5.41) is -0.455. The van der Waals surface area contributed by atoms with Crippen molar-refractivity contribution in [1.82, 2.24) is 0 Å². The molecule has 8 atom stereocenters. The van der Waals surface area contributed by atoms with E-state index in [1.807, 2.05) is 0 Å². The highest BCUT2D eigenvalue weighted by atomic mass is 32.2. The van der Waals surface area contributed by atoms with Gasteiger partial charge in [-0.2, -0.15) is 0 Å². The number of rotatable bonds is 0. The molecule has 0 aromatic carbocycles. The van der Waals surface area contributed by atoms with Crippen LogP contribution in [0.15, 0.2) is 0 Å². The van der Waals surface area contributed by atoms with Crippen molar-refractivity contribution in [2.24, 2.45) is 35.5 Å². The van der Waals surface area contributed by atoms with Gasteiger partial charge in [0, 0.05) is 11.8 Å². The van der Waals surface area contributed by atoms with E-state index in [1.165, 1.54) is 0 Å². The van der Waals surface area contributed by atoms with Crippen LogP contribution >= 0.6 is 0 Å². The Bertz CT molecular complexity index is 493. The predicted octanol–water partition coefficient (Wildman–Crippen LogP) is -0.137. The number of Topliss-reactive ketones (excluding diaryl/α,β-unsaturated/α-hetero) is 1. The van der Waals surface area contributed by atoms with Crippen molar-refractivity contribution < 1.29 is 13.2 Å². The summed E-state index contributed by atoms with van der Waals surface area (Å²) in [6.07, 6.45) is 1.04. The molecule has 0 amide bonds. The Morgan fingerprint density at radius 1 is 1.00 bits per heavy atom. The van der Waals surface area contributed by atoms with Crippen LogP contribution in [0.3, 0.4) is 0 Å². The Kier molecular flexibility index (Phi) is 0.752. The van der Waals surface area contributed by atoms with Gasteiger partial charge in [-0.3, -0.25) is 4.79 Å². The fourth-order valence-electron chi connectivity index (χ4n) is 5.73. The number of fused-ring (bicyclic) bond motifs is 2. The van der Waals surface area contributed by atoms with Gasteiger partial charge in [-0.05, 0) is 30.1 Å². The van der Waals surface area contributed by atoms with Crippen molar-refractivity contribution in [3.8, 4) is 0 Å². The molecule has 0 unspecified atom stereocenters. The minimum Gasteiger partial charge on any atom is -0.299 e. The highest BCUT2D eigenvalue weighted by molar-refractivity contribution is 7.93. The zero-order chi connectivity index (χ0) is 9.40. The summed E-state index contributed by atoms with van der Waals surface area (Å²) in [6, 6.07) is 0. The summed E-state index contributed by atoms with van der Waals surface area (Å²) < 4.78 is 24.2. The van der Waals surface area contributed by atoms with E-state index in [0.29, 0.717) is 29.5 Å². The molecule has 0 N–H and O–H groups in total. The first-order chi connectivity index (χ1) is 6.64. The molecule has 74 valence electrons. The molecule has 0 spiro atoms. The maximum atomic E-state index is 12.1. The second-order valence-corrected chi connectivity index (χ2v) is 7.96. The average molecular weight is 210 g/mol. The second kappa shape index (κ2) is 1.51. The number of carbonyl (C=O) groups is 1. The fourth-order valence-corrected chi connectivity index (χ4v) is 9.16. The summed E-state index contributed by atoms with van der Waals surface area (Å²) in [7, 11) is -2.90. The van der Waals surface area contributed by atoms with Gasteiger partial charge < -0.3 is 0 Å². The molecule has 5 aliphatic rings. The molecule has 5 rings (SSSR count). The molecular formula is C10H10O3S. The normalized spacial score (nSPS) is 73.3. The van der Waals surface area contributed by atoms with Crippen LogP contribution in [0.25, 0.3) is 0 Å². The molecule has 3 nitrogen and oxygen atoms in total. The molecule has 1 heterocycles. The Balaban J connectivity index is 1.95. The molecule has 0 aromatic heterocycles. The standard InChI is InChI=1S/C10H10O3S/c11-8-6-2-1-3-5-4(2)7(8)10(5)14(12,13)9(3)6/h2-7,9-10H,1H2/t2-,3-,4+,5+,6-,7-,9-,10+/m0/s1. The Morgan fingerprint density at radius 3 is 2.57 bits per heavy atom. The Hall–Kier alpha value is -0.380. The lowest BCUT2D eigenvalue weighted by Gasteiger charge is -2.42. The third-order valence-corrected chi connectivity index (χ3v) is 8.55. The minimum absolute atomic E-state index is 0.0521. The van der Waals surface area contributed by atoms with E-state index < -0.39 is 9.84 Å². The zero-order valence-electron chi connectivity index (χ0n) is 7.46. The van der Waals surface area contributed by atoms with Crippen molar-refractivity contribution in [3.63, 3.8) is 0 Å². The fraction of sp³-hybridized carbons (Fsp3) is 0.900. The van der Waals surface area contributed by atoms with Crippen LogP contribution in [0, 0.1) is 35.5 Å². The van der Waals surface area contributed by atoms with E-state index in [0.717, 1.165) is 6.42 Å². The average Bonchev–Trinajstić information content (AvgIpc) is 2.52. The molecule has 0 aromatic rings. The molecule has 14 heavy (non-hydrogen) atoms. The molecule has 4 aliphatic carbocycles. The molecule has 1 saturated heterocycles. The molecule has 4 heteroatoms. The van der Waals surface area contributed by atoms with Crippen LogP contribution in [-0.2, 0) is 14.6 Å². The summed E-state index contributed by atoms with van der Waals surface area (Å²) in [5.41, 5.74) is 0. The van der Waals surface area contributed by atoms with E-state index >= 15 is 0 Å². The van der Waals surface area contributed by atoms with Gasteiger partial charge in [0.2, 0.25) is 0 Å². The molecule has 1 aliphatic heterocycles. The van der Waals surface area contributed by atoms with Crippen LogP contribution < -0.4 is 0 Å². The lowest BCUT2D eigenvalue weighted by atomic mass is 9.64. The van der Waals surface area contributed by atoms with Crippen molar-refractivity contribution in [2.45, 2.75) is 16.9 Å². The molecule has 5 fully saturated rings. The summed E-state index contributed by atoms with van der Waals surface area (Å²) in [6.45, 7) is 0. The lowest BCUT2D eigenvalue weighted by Crippen LogP contribution is -2.52. The molecule has 4 saturated carbocycles. The van der Waals surface area contributed by atoms with E-state index in [-0.39, 0.29) is 22.3 Å². The number of ketones is 1. The van der Waals surface area contributed by atoms with Gasteiger partial charge in [0.15, 0.2) is 9.84 Å². The minimum atomic E-state index is -2.90. The molecule has 0 radical (unpaired) electrons. The van der Waals surface area contributed by atoms with Crippen LogP contribution in [0.2, 0.25) is 0 Å². The van der Waals surface area contributed by atoms with Gasteiger partial charge in [-0.1, -0.05) is 0 Å². The topological polar surface area (TPSA) is 51.2 Å². The van der Waals surface area contributed by atoms with Crippen molar-refractivity contribution in [2.75, 3.05) is 0 Å². The van der Waals surface area contributed by atoms with Crippen LogP contribution in [0.4, 0.5) is 0 Å². The third kappa shape index (κ3) is 0.369. The van der Waals surface area contributed by atoms with Crippen molar-refractivity contribution >= 4 is 15.6 Å². The van der Waals surface area contributed by atoms with E-state index in [4.69, 9.17) is 0 Å². The zero-order valence-corrected chi connectivity index (χ0v) is 8.28. The summed E-state index contributed by atoms with van der Waals surface area (Å²) >= 11 is 0. The largest absolute Gasteiger partial charge is 0.299 e. The van der Waals surface area contributed by atoms with Crippen LogP contribution in [-0.4, -0.2) is 24.7 Å². The first-order valence-corrected chi connectivity index (χ1v) is 7.01. The number of hydrogen-bond donors (Lipinski definition) is 0. The Labute approximate surface area is 81.8 Å². The summed E-state index contributed by atoms with van der Waals surface area (Å²) in [5.74, 6) is 1.97. The maximum absolute atomic E-state index is 12.1. The van der Waals surface area contributed by atoms with E-state index in [2.05, 4.69) is 0 Å². The lowest BCUT2D eigenvalue weighted by molar-refractivity contribution is -0.126. The maximum Gasteiger partial charge on any atom is 0.158 e. The van der Waals surface area contributed by atoms with E-state index in [9.17, 15) is 13.2 Å². The first kappa shape index (κ1) is 6.99. The monoisotopic (exact) mass is 210 g/mol. The van der Waals surface area contributed by atoms with Gasteiger partial charge in [-0.15, -0.1) is 0 Å². The number of hydrogen-bond acceptors (Lipinski definition) is 3. The van der Waals surface area contributed by atoms with E-state index in [1.54, 1.807) is 0 Å². The van der Waals surface area contributed by atoms with Crippen LogP contribution in [0.5, 0.6) is 0 Å². The smallest absolute Gasteiger partial charge is 0.158 e. The van der Waals surface area contributed by atoms with Gasteiger partial charge in [0.25, 0.3) is 0 Å². The SMILES string of the molecule is O=C1[C@@H]2[C@H]3C[C@H]4[C@@H]5[C@@H]3[C@@H]1[C@@H]5S(=O)(=O)[C@@H]42. The highest BCUT2D eigenvalue weighted by Gasteiger charge is 2.86. The number of sulfone groups is 1. The van der Waals surface area contributed by atoms with Crippen molar-refractivity contribution in [1.29, 1.82) is 0 Å². The van der Waals surface area contributed by atoms with Gasteiger partial charge in [0.1, 0.15) is 5.78 Å². The quantitative estimate of drug-likeness (QED) is 0.559. The van der Waals surface area contributed by atoms with Crippen molar-refractivity contribution in [3.05, 3.63) is 0 Å². The molecule has 2 bridgehead atoms. The highest BCUT2D eigenvalue weighted by Crippen LogP contribution is 2.78. The van der Waals surface area contributed by atoms with Gasteiger partial charge >= 0.3 is 0 Å². The Morgan fingerprint density at radius 2 is 1.79 bits per heavy atom. The van der Waals surface area contributed by atoms with Gasteiger partial charge in [0.05, 0.1) is 10.5 Å².